The van der Waals surface area contributed by atoms with Gasteiger partial charge in [0.25, 0.3) is 0 Å². The number of aromatic nitrogens is 1. The summed E-state index contributed by atoms with van der Waals surface area (Å²) in [4.78, 5) is 16.9. The van der Waals surface area contributed by atoms with E-state index in [1.165, 1.54) is 12.6 Å². The molecule has 1 aromatic rings. The summed E-state index contributed by atoms with van der Waals surface area (Å²) in [5, 5.41) is 9.00. The standard InChI is InChI=1S/C11H14N2O2/c1-13(8-4-2-5-8)9-6-3-7-12-10(9)11(14)15/h3,6-8H,2,4-5H2,1H3,(H,14,15). The number of pyridine rings is 1. The summed E-state index contributed by atoms with van der Waals surface area (Å²) in [5.74, 6) is -0.961. The lowest BCUT2D eigenvalue weighted by atomic mass is 9.91. The second kappa shape index (κ2) is 3.88. The summed E-state index contributed by atoms with van der Waals surface area (Å²) in [7, 11) is 1.94. The van der Waals surface area contributed by atoms with E-state index in [-0.39, 0.29) is 5.69 Å². The Kier molecular flexibility index (Phi) is 2.58. The van der Waals surface area contributed by atoms with E-state index in [1.54, 1.807) is 6.07 Å². The molecule has 1 aromatic heterocycles. The number of hydrogen-bond donors (Lipinski definition) is 1. The number of hydrogen-bond acceptors (Lipinski definition) is 3. The van der Waals surface area contributed by atoms with Crippen molar-refractivity contribution < 1.29 is 9.90 Å². The molecule has 1 aliphatic carbocycles. The molecule has 0 saturated heterocycles. The molecule has 1 aliphatic rings. The van der Waals surface area contributed by atoms with Crippen LogP contribution in [0.3, 0.4) is 0 Å². The fraction of sp³-hybridized carbons (Fsp3) is 0.455. The highest BCUT2D eigenvalue weighted by atomic mass is 16.4. The lowest BCUT2D eigenvalue weighted by Gasteiger charge is -2.36. The van der Waals surface area contributed by atoms with Gasteiger partial charge in [-0.2, -0.15) is 0 Å². The van der Waals surface area contributed by atoms with Crippen LogP contribution in [0, 0.1) is 0 Å². The first-order valence-electron chi connectivity index (χ1n) is 5.11. The molecule has 15 heavy (non-hydrogen) atoms. The van der Waals surface area contributed by atoms with E-state index in [4.69, 9.17) is 5.11 Å². The van der Waals surface area contributed by atoms with Crippen LogP contribution in [-0.4, -0.2) is 29.1 Å². The zero-order chi connectivity index (χ0) is 10.8. The van der Waals surface area contributed by atoms with Crippen LogP contribution in [-0.2, 0) is 0 Å². The average molecular weight is 206 g/mol. The van der Waals surface area contributed by atoms with Crippen molar-refractivity contribution in [2.75, 3.05) is 11.9 Å². The van der Waals surface area contributed by atoms with Gasteiger partial charge < -0.3 is 10.0 Å². The first-order chi connectivity index (χ1) is 7.20. The van der Waals surface area contributed by atoms with E-state index >= 15 is 0 Å². The Balaban J connectivity index is 2.29. The molecular weight excluding hydrogens is 192 g/mol. The molecule has 0 bridgehead atoms. The first kappa shape index (κ1) is 9.96. The largest absolute Gasteiger partial charge is 0.476 e. The normalized spacial score (nSPS) is 15.8. The van der Waals surface area contributed by atoms with Crippen LogP contribution in [0.15, 0.2) is 18.3 Å². The molecule has 1 N–H and O–H groups in total. The summed E-state index contributed by atoms with van der Waals surface area (Å²) >= 11 is 0. The van der Waals surface area contributed by atoms with Crippen LogP contribution in [0.5, 0.6) is 0 Å². The monoisotopic (exact) mass is 206 g/mol. The third-order valence-electron chi connectivity index (χ3n) is 2.99. The van der Waals surface area contributed by atoms with Gasteiger partial charge in [-0.3, -0.25) is 0 Å². The lowest BCUT2D eigenvalue weighted by molar-refractivity contribution is 0.0691. The molecule has 0 amide bonds. The molecule has 0 aliphatic heterocycles. The number of carbonyl (C=O) groups is 1. The maximum atomic E-state index is 11.0. The van der Waals surface area contributed by atoms with Gasteiger partial charge in [-0.05, 0) is 31.4 Å². The summed E-state index contributed by atoms with van der Waals surface area (Å²) in [6.07, 6.45) is 5.04. The van der Waals surface area contributed by atoms with Gasteiger partial charge >= 0.3 is 5.97 Å². The molecule has 4 nitrogen and oxygen atoms in total. The van der Waals surface area contributed by atoms with Crippen molar-refractivity contribution in [3.63, 3.8) is 0 Å². The maximum absolute atomic E-state index is 11.0. The van der Waals surface area contributed by atoms with Gasteiger partial charge in [-0.1, -0.05) is 0 Å². The summed E-state index contributed by atoms with van der Waals surface area (Å²) < 4.78 is 0. The van der Waals surface area contributed by atoms with E-state index in [1.807, 2.05) is 18.0 Å². The molecular formula is C11H14N2O2. The summed E-state index contributed by atoms with van der Waals surface area (Å²) in [6.45, 7) is 0. The van der Waals surface area contributed by atoms with Gasteiger partial charge in [0.05, 0.1) is 5.69 Å². The fourth-order valence-corrected chi connectivity index (χ4v) is 1.82. The Morgan fingerprint density at radius 2 is 2.33 bits per heavy atom. The molecule has 0 aromatic carbocycles. The highest BCUT2D eigenvalue weighted by Gasteiger charge is 2.25. The van der Waals surface area contributed by atoms with Gasteiger partial charge in [-0.15, -0.1) is 0 Å². The quantitative estimate of drug-likeness (QED) is 0.818. The number of rotatable bonds is 3. The van der Waals surface area contributed by atoms with Crippen molar-refractivity contribution in [2.24, 2.45) is 0 Å². The number of anilines is 1. The molecule has 0 spiro atoms. The number of aromatic carboxylic acids is 1. The van der Waals surface area contributed by atoms with Crippen molar-refractivity contribution in [1.29, 1.82) is 0 Å². The van der Waals surface area contributed by atoms with Crippen LogP contribution in [0.25, 0.3) is 0 Å². The smallest absolute Gasteiger partial charge is 0.356 e. The van der Waals surface area contributed by atoms with Gasteiger partial charge in [-0.25, -0.2) is 9.78 Å². The Labute approximate surface area is 88.6 Å². The zero-order valence-electron chi connectivity index (χ0n) is 8.68. The Morgan fingerprint density at radius 3 is 2.87 bits per heavy atom. The van der Waals surface area contributed by atoms with Crippen molar-refractivity contribution in [3.05, 3.63) is 24.0 Å². The molecule has 80 valence electrons. The fourth-order valence-electron chi connectivity index (χ4n) is 1.82. The Bertz CT molecular complexity index is 375. The van der Waals surface area contributed by atoms with Crippen molar-refractivity contribution >= 4 is 11.7 Å². The van der Waals surface area contributed by atoms with Gasteiger partial charge in [0.2, 0.25) is 0 Å². The molecule has 0 unspecified atom stereocenters. The number of nitrogens with zero attached hydrogens (tertiary/aromatic N) is 2. The second-order valence-corrected chi connectivity index (χ2v) is 3.87. The van der Waals surface area contributed by atoms with E-state index in [9.17, 15) is 4.79 Å². The van der Waals surface area contributed by atoms with E-state index in [0.717, 1.165) is 18.5 Å². The summed E-state index contributed by atoms with van der Waals surface area (Å²) in [6, 6.07) is 4.07. The minimum atomic E-state index is -0.961. The van der Waals surface area contributed by atoms with Crippen LogP contribution in [0.2, 0.25) is 0 Å². The van der Waals surface area contributed by atoms with Gasteiger partial charge in [0.15, 0.2) is 5.69 Å². The third kappa shape index (κ3) is 1.79. The second-order valence-electron chi connectivity index (χ2n) is 3.87. The molecule has 1 saturated carbocycles. The van der Waals surface area contributed by atoms with Crippen LogP contribution in [0.4, 0.5) is 5.69 Å². The molecule has 2 rings (SSSR count). The van der Waals surface area contributed by atoms with E-state index < -0.39 is 5.97 Å². The first-order valence-corrected chi connectivity index (χ1v) is 5.11. The van der Waals surface area contributed by atoms with Crippen molar-refractivity contribution in [1.82, 2.24) is 4.98 Å². The topological polar surface area (TPSA) is 53.4 Å². The highest BCUT2D eigenvalue weighted by Crippen LogP contribution is 2.29. The molecule has 4 heteroatoms. The van der Waals surface area contributed by atoms with Gasteiger partial charge in [0.1, 0.15) is 0 Å². The Morgan fingerprint density at radius 1 is 1.60 bits per heavy atom. The number of carboxylic acid groups (broad SMARTS) is 1. The predicted octanol–water partition coefficient (Wildman–Crippen LogP) is 1.77. The van der Waals surface area contributed by atoms with Crippen molar-refractivity contribution in [3.8, 4) is 0 Å². The molecule has 1 fully saturated rings. The van der Waals surface area contributed by atoms with Gasteiger partial charge in [0, 0.05) is 19.3 Å². The average Bonchev–Trinajstić information content (AvgIpc) is 2.15. The third-order valence-corrected chi connectivity index (χ3v) is 2.99. The maximum Gasteiger partial charge on any atom is 0.356 e. The molecule has 1 heterocycles. The minimum Gasteiger partial charge on any atom is -0.476 e. The van der Waals surface area contributed by atoms with Crippen molar-refractivity contribution in [2.45, 2.75) is 25.3 Å². The van der Waals surface area contributed by atoms with E-state index in [0.29, 0.717) is 6.04 Å². The molecule has 0 radical (unpaired) electrons. The van der Waals surface area contributed by atoms with Crippen LogP contribution >= 0.6 is 0 Å². The Hall–Kier alpha value is -1.58. The molecule has 0 atom stereocenters. The van der Waals surface area contributed by atoms with Crippen LogP contribution < -0.4 is 4.90 Å². The lowest BCUT2D eigenvalue weighted by Crippen LogP contribution is -2.38. The number of carboxylic acids is 1. The van der Waals surface area contributed by atoms with Crippen LogP contribution in [0.1, 0.15) is 29.8 Å². The zero-order valence-corrected chi connectivity index (χ0v) is 8.68. The SMILES string of the molecule is CN(c1cccnc1C(=O)O)C1CCC1. The summed E-state index contributed by atoms with van der Waals surface area (Å²) in [5.41, 5.74) is 0.863. The highest BCUT2D eigenvalue weighted by molar-refractivity contribution is 5.92. The van der Waals surface area contributed by atoms with E-state index in [2.05, 4.69) is 4.98 Å². The predicted molar refractivity (Wildman–Crippen MR) is 57.2 cm³/mol. The minimum absolute atomic E-state index is 0.145.